The number of hydrogen-bond acceptors (Lipinski definition) is 3. The molecule has 0 aliphatic heterocycles. The molecule has 0 heterocycles. The largest absolute Gasteiger partial charge is 0.456 e. The van der Waals surface area contributed by atoms with E-state index in [1.54, 1.807) is 7.11 Å². The highest BCUT2D eigenvalue weighted by atomic mass is 16.6. The van der Waals surface area contributed by atoms with Gasteiger partial charge >= 0.3 is 5.97 Å². The molecule has 3 heteroatoms. The lowest BCUT2D eigenvalue weighted by molar-refractivity contribution is 0.00229. The van der Waals surface area contributed by atoms with E-state index in [0.29, 0.717) is 12.2 Å². The van der Waals surface area contributed by atoms with Crippen molar-refractivity contribution in [3.63, 3.8) is 0 Å². The van der Waals surface area contributed by atoms with E-state index in [0.717, 1.165) is 57.3 Å². The topological polar surface area (TPSA) is 35.5 Å². The van der Waals surface area contributed by atoms with E-state index < -0.39 is 0 Å². The van der Waals surface area contributed by atoms with Gasteiger partial charge in [0.25, 0.3) is 0 Å². The number of aryl methyl sites for hydroxylation is 2. The van der Waals surface area contributed by atoms with E-state index in [9.17, 15) is 4.79 Å². The molecular weight excluding hydrogens is 348 g/mol. The van der Waals surface area contributed by atoms with Gasteiger partial charge in [-0.05, 0) is 67.7 Å². The van der Waals surface area contributed by atoms with E-state index in [2.05, 4.69) is 33.8 Å². The van der Waals surface area contributed by atoms with Crippen molar-refractivity contribution in [2.45, 2.75) is 98.0 Å². The molecule has 0 fully saturated rings. The first kappa shape index (κ1) is 24.7. The first-order valence-electron chi connectivity index (χ1n) is 11.3. The number of rotatable bonds is 15. The molecule has 1 rings (SSSR count). The second-order valence-corrected chi connectivity index (χ2v) is 8.41. The van der Waals surface area contributed by atoms with Crippen LogP contribution in [0, 0.1) is 5.92 Å². The minimum Gasteiger partial charge on any atom is -0.456 e. The Morgan fingerprint density at radius 3 is 1.96 bits per heavy atom. The first-order chi connectivity index (χ1) is 13.5. The first-order valence-corrected chi connectivity index (χ1v) is 11.3. The lowest BCUT2D eigenvalue weighted by Gasteiger charge is -2.18. The standard InChI is InChI=1S/C25H42O3/c1-6-8-13-21-16-22(14-9-7-2)18-23(17-21)25(26)28-24(19-27-5)15-11-10-12-20(3)4/h16-18,20,24H,6-15,19H2,1-5H3. The third-order valence-electron chi connectivity index (χ3n) is 5.11. The van der Waals surface area contributed by atoms with Gasteiger partial charge in [0.2, 0.25) is 0 Å². The van der Waals surface area contributed by atoms with E-state index in [4.69, 9.17) is 9.47 Å². The minimum absolute atomic E-state index is 0.164. The number of carbonyl (C=O) groups is 1. The van der Waals surface area contributed by atoms with Crippen LogP contribution in [0.2, 0.25) is 0 Å². The van der Waals surface area contributed by atoms with Gasteiger partial charge in [-0.3, -0.25) is 0 Å². The molecule has 3 nitrogen and oxygen atoms in total. The van der Waals surface area contributed by atoms with Gasteiger partial charge in [0.15, 0.2) is 0 Å². The SMILES string of the molecule is CCCCc1cc(CCCC)cc(C(=O)OC(CCCCC(C)C)COC)c1. The normalized spacial score (nSPS) is 12.4. The molecule has 1 unspecified atom stereocenters. The van der Waals surface area contributed by atoms with Crippen LogP contribution in [0.3, 0.4) is 0 Å². The van der Waals surface area contributed by atoms with Gasteiger partial charge < -0.3 is 9.47 Å². The van der Waals surface area contributed by atoms with Crippen molar-refractivity contribution in [1.82, 2.24) is 0 Å². The molecule has 28 heavy (non-hydrogen) atoms. The molecule has 0 aliphatic rings. The summed E-state index contributed by atoms with van der Waals surface area (Å²) in [7, 11) is 1.67. The highest BCUT2D eigenvalue weighted by molar-refractivity contribution is 5.90. The molecule has 1 aromatic rings. The van der Waals surface area contributed by atoms with Crippen LogP contribution in [0.15, 0.2) is 18.2 Å². The van der Waals surface area contributed by atoms with Crippen molar-refractivity contribution in [1.29, 1.82) is 0 Å². The number of unbranched alkanes of at least 4 members (excludes halogenated alkanes) is 3. The van der Waals surface area contributed by atoms with Crippen LogP contribution >= 0.6 is 0 Å². The Hall–Kier alpha value is -1.35. The lowest BCUT2D eigenvalue weighted by atomic mass is 9.98. The van der Waals surface area contributed by atoms with Crippen molar-refractivity contribution in [2.75, 3.05) is 13.7 Å². The van der Waals surface area contributed by atoms with Gasteiger partial charge in [0, 0.05) is 7.11 Å². The van der Waals surface area contributed by atoms with E-state index in [1.165, 1.54) is 24.0 Å². The second-order valence-electron chi connectivity index (χ2n) is 8.41. The van der Waals surface area contributed by atoms with Crippen LogP contribution in [0.4, 0.5) is 0 Å². The molecule has 0 bridgehead atoms. The number of methoxy groups -OCH3 is 1. The van der Waals surface area contributed by atoms with Gasteiger partial charge in [-0.1, -0.05) is 59.4 Å². The van der Waals surface area contributed by atoms with Gasteiger partial charge in [0.05, 0.1) is 12.2 Å². The molecule has 0 amide bonds. The summed E-state index contributed by atoms with van der Waals surface area (Å²) in [5.41, 5.74) is 3.20. The predicted molar refractivity (Wildman–Crippen MR) is 118 cm³/mol. The number of esters is 1. The van der Waals surface area contributed by atoms with Crippen molar-refractivity contribution >= 4 is 5.97 Å². The Kier molecular flexibility index (Phi) is 12.9. The Balaban J connectivity index is 2.78. The van der Waals surface area contributed by atoms with Crippen LogP contribution in [0.1, 0.15) is 101 Å². The maximum Gasteiger partial charge on any atom is 0.338 e. The van der Waals surface area contributed by atoms with Crippen LogP contribution in [-0.2, 0) is 22.3 Å². The highest BCUT2D eigenvalue weighted by Crippen LogP contribution is 2.18. The van der Waals surface area contributed by atoms with Crippen molar-refractivity contribution in [3.8, 4) is 0 Å². The molecule has 1 aromatic carbocycles. The number of carbonyl (C=O) groups excluding carboxylic acids is 1. The summed E-state index contributed by atoms with van der Waals surface area (Å²) in [4.78, 5) is 12.8. The average molecular weight is 391 g/mol. The smallest absolute Gasteiger partial charge is 0.338 e. The van der Waals surface area contributed by atoms with Crippen LogP contribution in [0.5, 0.6) is 0 Å². The minimum atomic E-state index is -0.206. The third kappa shape index (κ3) is 10.3. The van der Waals surface area contributed by atoms with Gasteiger partial charge in [0.1, 0.15) is 6.10 Å². The summed E-state index contributed by atoms with van der Waals surface area (Å²) in [6.07, 6.45) is 10.8. The molecule has 0 spiro atoms. The molecule has 0 aromatic heterocycles. The van der Waals surface area contributed by atoms with E-state index in [-0.39, 0.29) is 12.1 Å². The van der Waals surface area contributed by atoms with Crippen molar-refractivity contribution in [3.05, 3.63) is 34.9 Å². The molecule has 0 saturated heterocycles. The molecule has 160 valence electrons. The highest BCUT2D eigenvalue weighted by Gasteiger charge is 2.17. The van der Waals surface area contributed by atoms with Crippen LogP contribution in [-0.4, -0.2) is 25.8 Å². The Bertz CT molecular complexity index is 524. The predicted octanol–water partition coefficient (Wildman–Crippen LogP) is 6.76. The number of benzene rings is 1. The fraction of sp³-hybridized carbons (Fsp3) is 0.720. The lowest BCUT2D eigenvalue weighted by Crippen LogP contribution is -2.23. The summed E-state index contributed by atoms with van der Waals surface area (Å²) in [5, 5.41) is 0. The molecule has 1 atom stereocenters. The maximum absolute atomic E-state index is 12.8. The quantitative estimate of drug-likeness (QED) is 0.245. The maximum atomic E-state index is 12.8. The summed E-state index contributed by atoms with van der Waals surface area (Å²) in [5.74, 6) is 0.512. The number of hydrogen-bond donors (Lipinski definition) is 0. The zero-order chi connectivity index (χ0) is 20.8. The van der Waals surface area contributed by atoms with E-state index >= 15 is 0 Å². The van der Waals surface area contributed by atoms with Gasteiger partial charge in [-0.2, -0.15) is 0 Å². The third-order valence-corrected chi connectivity index (χ3v) is 5.11. The Morgan fingerprint density at radius 1 is 0.893 bits per heavy atom. The molecular formula is C25H42O3. The Morgan fingerprint density at radius 2 is 1.46 bits per heavy atom. The zero-order valence-corrected chi connectivity index (χ0v) is 18.9. The summed E-state index contributed by atoms with van der Waals surface area (Å²) in [6, 6.07) is 6.31. The number of ether oxygens (including phenoxy) is 2. The van der Waals surface area contributed by atoms with Gasteiger partial charge in [-0.15, -0.1) is 0 Å². The van der Waals surface area contributed by atoms with E-state index in [1.807, 2.05) is 12.1 Å². The summed E-state index contributed by atoms with van der Waals surface area (Å²) < 4.78 is 11.1. The van der Waals surface area contributed by atoms with Crippen molar-refractivity contribution in [2.24, 2.45) is 5.92 Å². The summed E-state index contributed by atoms with van der Waals surface area (Å²) in [6.45, 7) is 9.35. The fourth-order valence-electron chi connectivity index (χ4n) is 3.44. The van der Waals surface area contributed by atoms with Crippen LogP contribution in [0.25, 0.3) is 0 Å². The monoisotopic (exact) mass is 390 g/mol. The molecule has 0 saturated carbocycles. The van der Waals surface area contributed by atoms with Crippen molar-refractivity contribution < 1.29 is 14.3 Å². The van der Waals surface area contributed by atoms with Crippen LogP contribution < -0.4 is 0 Å². The molecule has 0 N–H and O–H groups in total. The average Bonchev–Trinajstić information content (AvgIpc) is 2.67. The fourth-order valence-corrected chi connectivity index (χ4v) is 3.44. The zero-order valence-electron chi connectivity index (χ0n) is 18.9. The summed E-state index contributed by atoms with van der Waals surface area (Å²) >= 11 is 0. The molecule has 0 radical (unpaired) electrons. The van der Waals surface area contributed by atoms with Gasteiger partial charge in [-0.25, -0.2) is 4.79 Å². The second kappa shape index (κ2) is 14.6. The molecule has 0 aliphatic carbocycles. The Labute approximate surface area is 173 Å².